The second kappa shape index (κ2) is 9.33. The van der Waals surface area contributed by atoms with E-state index in [-0.39, 0.29) is 24.0 Å². The first kappa shape index (κ1) is 22.1. The van der Waals surface area contributed by atoms with Gasteiger partial charge in [0.1, 0.15) is 17.5 Å². The Kier molecular flexibility index (Phi) is 6.06. The van der Waals surface area contributed by atoms with Crippen molar-refractivity contribution in [3.05, 3.63) is 53.1 Å². The number of para-hydroxylation sites is 1. The number of rotatable bonds is 4. The van der Waals surface area contributed by atoms with Gasteiger partial charge in [0.05, 0.1) is 12.1 Å². The van der Waals surface area contributed by atoms with Gasteiger partial charge in [-0.3, -0.25) is 9.69 Å². The minimum absolute atomic E-state index is 0.0610. The van der Waals surface area contributed by atoms with Crippen molar-refractivity contribution in [1.82, 2.24) is 10.2 Å². The molecule has 4 saturated heterocycles. The number of hydrogen-bond donors (Lipinski definition) is 1. The molecule has 0 amide bonds. The number of nitrogens with zero attached hydrogens (tertiary/aromatic N) is 2. The van der Waals surface area contributed by atoms with Gasteiger partial charge >= 0.3 is 5.97 Å². The maximum atomic E-state index is 12.8. The number of esters is 1. The van der Waals surface area contributed by atoms with Crippen LogP contribution in [0.2, 0.25) is 5.02 Å². The van der Waals surface area contributed by atoms with Crippen LogP contribution in [0.5, 0.6) is 11.5 Å². The first-order valence-corrected chi connectivity index (χ1v) is 12.8. The van der Waals surface area contributed by atoms with Crippen molar-refractivity contribution in [2.75, 3.05) is 26.2 Å². The summed E-state index contributed by atoms with van der Waals surface area (Å²) in [5.41, 5.74) is 2.76. The van der Waals surface area contributed by atoms with Crippen LogP contribution in [-0.2, 0) is 9.53 Å². The van der Waals surface area contributed by atoms with Gasteiger partial charge in [-0.1, -0.05) is 23.7 Å². The van der Waals surface area contributed by atoms with Crippen LogP contribution in [-0.4, -0.2) is 54.9 Å². The van der Waals surface area contributed by atoms with Gasteiger partial charge in [0.25, 0.3) is 0 Å². The third-order valence-corrected chi connectivity index (χ3v) is 7.95. The highest BCUT2D eigenvalue weighted by Crippen LogP contribution is 2.41. The lowest BCUT2D eigenvalue weighted by molar-refractivity contribution is -0.159. The molecule has 0 aliphatic carbocycles. The lowest BCUT2D eigenvalue weighted by atomic mass is 9.84. The molecule has 0 aromatic heterocycles. The number of nitrogens with one attached hydrogen (secondary N) is 1. The van der Waals surface area contributed by atoms with Crippen molar-refractivity contribution in [2.45, 2.75) is 44.2 Å². The molecule has 0 radical (unpaired) electrons. The summed E-state index contributed by atoms with van der Waals surface area (Å²) in [7, 11) is 0. The van der Waals surface area contributed by atoms with Crippen LogP contribution in [0.4, 0.5) is 5.69 Å². The summed E-state index contributed by atoms with van der Waals surface area (Å²) in [6, 6.07) is 13.7. The Hall–Kier alpha value is -2.41. The Morgan fingerprint density at radius 1 is 1.15 bits per heavy atom. The van der Waals surface area contributed by atoms with Crippen LogP contribution < -0.4 is 10.1 Å². The highest BCUT2D eigenvalue weighted by atomic mass is 35.5. The number of benzene rings is 2. The number of hydrogen-bond acceptors (Lipinski definition) is 6. The highest BCUT2D eigenvalue weighted by Gasteiger charge is 2.37. The minimum Gasteiger partial charge on any atom is -0.461 e. The summed E-state index contributed by atoms with van der Waals surface area (Å²) in [5.74, 6) is 2.17. The van der Waals surface area contributed by atoms with Crippen LogP contribution in [0.25, 0.3) is 0 Å². The second-order valence-electron chi connectivity index (χ2n) is 9.95. The molecule has 7 heteroatoms. The van der Waals surface area contributed by atoms with Gasteiger partial charge in [-0.15, -0.1) is 0 Å². The van der Waals surface area contributed by atoms with Crippen molar-refractivity contribution in [3.63, 3.8) is 0 Å². The topological polar surface area (TPSA) is 63.2 Å². The minimum atomic E-state index is -0.0828. The molecule has 2 bridgehead atoms. The molecule has 2 aromatic carbocycles. The third kappa shape index (κ3) is 4.47. The molecule has 0 saturated carbocycles. The smallest absolute Gasteiger partial charge is 0.307 e. The first-order chi connectivity index (χ1) is 16.6. The van der Waals surface area contributed by atoms with Gasteiger partial charge in [-0.2, -0.15) is 0 Å². The van der Waals surface area contributed by atoms with Crippen LogP contribution in [0, 0.1) is 11.8 Å². The molecule has 1 unspecified atom stereocenters. The summed E-state index contributed by atoms with van der Waals surface area (Å²) < 4.78 is 12.2. The molecule has 1 N–H and O–H groups in total. The van der Waals surface area contributed by atoms with Crippen LogP contribution in [0.15, 0.2) is 47.5 Å². The lowest BCUT2D eigenvalue weighted by Crippen LogP contribution is -2.52. The molecule has 178 valence electrons. The molecule has 0 spiro atoms. The van der Waals surface area contributed by atoms with E-state index in [0.29, 0.717) is 23.1 Å². The normalized spacial score (nSPS) is 29.8. The van der Waals surface area contributed by atoms with E-state index in [9.17, 15) is 4.79 Å². The molecule has 7 rings (SSSR count). The zero-order valence-corrected chi connectivity index (χ0v) is 20.0. The highest BCUT2D eigenvalue weighted by molar-refractivity contribution is 6.31. The van der Waals surface area contributed by atoms with E-state index < -0.39 is 0 Å². The predicted octanol–water partition coefficient (Wildman–Crippen LogP) is 4.96. The molecule has 5 aliphatic rings. The maximum Gasteiger partial charge on any atom is 0.307 e. The van der Waals surface area contributed by atoms with Crippen molar-refractivity contribution >= 4 is 29.0 Å². The molecule has 3 atom stereocenters. The van der Waals surface area contributed by atoms with Crippen molar-refractivity contribution < 1.29 is 14.3 Å². The van der Waals surface area contributed by atoms with Gasteiger partial charge in [0, 0.05) is 29.1 Å². The number of carbonyl (C=O) groups is 1. The fourth-order valence-corrected chi connectivity index (χ4v) is 6.09. The average molecular weight is 480 g/mol. The van der Waals surface area contributed by atoms with Crippen LogP contribution in [0.3, 0.4) is 0 Å². The van der Waals surface area contributed by atoms with E-state index in [2.05, 4.69) is 16.3 Å². The monoisotopic (exact) mass is 479 g/mol. The van der Waals surface area contributed by atoms with Gasteiger partial charge in [0.2, 0.25) is 0 Å². The van der Waals surface area contributed by atoms with E-state index in [1.165, 1.54) is 0 Å². The van der Waals surface area contributed by atoms with E-state index in [4.69, 9.17) is 26.1 Å². The molecule has 5 heterocycles. The number of carbonyl (C=O) groups excluding carboxylic acids is 1. The van der Waals surface area contributed by atoms with E-state index in [1.54, 1.807) is 0 Å². The first-order valence-electron chi connectivity index (χ1n) is 12.4. The van der Waals surface area contributed by atoms with E-state index in [0.717, 1.165) is 74.6 Å². The summed E-state index contributed by atoms with van der Waals surface area (Å²) in [5, 5.41) is 4.17. The SMILES string of the molecule is O=C(C[C@H]1CC(C2=Nc3cc(Cl)ccc3Oc3ccccc32)CCN1)O[C@H]1CN2CCC1CC2. The van der Waals surface area contributed by atoms with Gasteiger partial charge < -0.3 is 14.8 Å². The van der Waals surface area contributed by atoms with Gasteiger partial charge in [-0.25, -0.2) is 4.99 Å². The molecular weight excluding hydrogens is 450 g/mol. The average Bonchev–Trinajstić information content (AvgIpc) is 3.01. The maximum absolute atomic E-state index is 12.8. The number of aliphatic imine (C=N–C) groups is 1. The second-order valence-corrected chi connectivity index (χ2v) is 10.4. The molecule has 34 heavy (non-hydrogen) atoms. The molecule has 6 nitrogen and oxygen atoms in total. The molecule has 5 aliphatic heterocycles. The lowest BCUT2D eigenvalue weighted by Gasteiger charge is -2.44. The predicted molar refractivity (Wildman–Crippen MR) is 132 cm³/mol. The number of ether oxygens (including phenoxy) is 2. The number of fused-ring (bicyclic) bond motifs is 5. The van der Waals surface area contributed by atoms with Crippen LogP contribution >= 0.6 is 11.6 Å². The van der Waals surface area contributed by atoms with Gasteiger partial charge in [0.15, 0.2) is 5.75 Å². The Labute approximate surface area is 205 Å². The largest absolute Gasteiger partial charge is 0.461 e. The number of halogens is 1. The Bertz CT molecular complexity index is 1110. The summed E-state index contributed by atoms with van der Waals surface area (Å²) in [6.07, 6.45) is 4.54. The number of piperidine rings is 4. The fraction of sp³-hybridized carbons (Fsp3) is 0.481. The van der Waals surface area contributed by atoms with Crippen molar-refractivity contribution in [2.24, 2.45) is 16.8 Å². The Morgan fingerprint density at radius 2 is 2.00 bits per heavy atom. The molecule has 2 aromatic rings. The summed E-state index contributed by atoms with van der Waals surface area (Å²) in [6.45, 7) is 4.03. The summed E-state index contributed by atoms with van der Waals surface area (Å²) in [4.78, 5) is 20.3. The zero-order valence-electron chi connectivity index (χ0n) is 19.2. The van der Waals surface area contributed by atoms with Crippen molar-refractivity contribution in [3.8, 4) is 11.5 Å². The zero-order chi connectivity index (χ0) is 23.1. The van der Waals surface area contributed by atoms with Gasteiger partial charge in [-0.05, 0) is 81.6 Å². The third-order valence-electron chi connectivity index (χ3n) is 7.72. The van der Waals surface area contributed by atoms with Crippen LogP contribution in [0.1, 0.15) is 37.7 Å². The molecular formula is C27H30ClN3O3. The Morgan fingerprint density at radius 3 is 2.82 bits per heavy atom. The molecule has 4 fully saturated rings. The van der Waals surface area contributed by atoms with E-state index >= 15 is 0 Å². The van der Waals surface area contributed by atoms with E-state index in [1.807, 2.05) is 36.4 Å². The Balaban J connectivity index is 1.19. The fourth-order valence-electron chi connectivity index (χ4n) is 5.92. The summed E-state index contributed by atoms with van der Waals surface area (Å²) >= 11 is 6.27. The standard InChI is InChI=1S/C27H30ClN3O3/c28-19-5-6-24-22(14-19)30-27(21-3-1-2-4-23(21)33-24)18-7-10-29-20(13-18)15-26(32)34-25-16-31-11-8-17(25)9-12-31/h1-6,14,17-18,20,25,29H,7-13,15-16H2/t18?,20-,25+/m1/s1. The van der Waals surface area contributed by atoms with Crippen molar-refractivity contribution in [1.29, 1.82) is 0 Å². The quantitative estimate of drug-likeness (QED) is 0.628.